The van der Waals surface area contributed by atoms with Crippen LogP contribution in [0, 0.1) is 0 Å². The molecule has 0 aliphatic carbocycles. The summed E-state index contributed by atoms with van der Waals surface area (Å²) < 4.78 is 44.4. The smallest absolute Gasteiger partial charge is 0.378 e. The lowest BCUT2D eigenvalue weighted by molar-refractivity contribution is -0.137. The van der Waals surface area contributed by atoms with Gasteiger partial charge in [-0.05, 0) is 23.8 Å². The van der Waals surface area contributed by atoms with Crippen molar-refractivity contribution in [3.8, 4) is 0 Å². The predicted octanol–water partition coefficient (Wildman–Crippen LogP) is 4.10. The van der Waals surface area contributed by atoms with Crippen molar-refractivity contribution in [1.82, 2.24) is 9.88 Å². The van der Waals surface area contributed by atoms with Crippen LogP contribution >= 0.6 is 11.6 Å². The van der Waals surface area contributed by atoms with Gasteiger partial charge in [-0.15, -0.1) is 0 Å². The van der Waals surface area contributed by atoms with E-state index in [9.17, 15) is 18.0 Å². The first-order valence-corrected chi connectivity index (χ1v) is 11.0. The number of aliphatic imine (C=N–C) groups is 1. The number of urea groups is 1. The van der Waals surface area contributed by atoms with Gasteiger partial charge in [0, 0.05) is 18.1 Å². The molecule has 5 rings (SSSR count). The van der Waals surface area contributed by atoms with Gasteiger partial charge in [0.05, 0.1) is 56.3 Å². The maximum absolute atomic E-state index is 13.4. The highest BCUT2D eigenvalue weighted by Crippen LogP contribution is 2.36. The fourth-order valence-electron chi connectivity index (χ4n) is 4.30. The summed E-state index contributed by atoms with van der Waals surface area (Å²) >= 11 is 5.99. The van der Waals surface area contributed by atoms with E-state index in [1.54, 1.807) is 23.2 Å². The standard InChI is InChI=1S/C22H21ClF3N5O2/c23-15-3-1-14(2-4-15)12-30-18-9-17(29-5-7-33-8-6-29)11-27-19(18)20-28-16(10-22(24,25)26)13-31(20)21(30)32/h1-4,9,11,16H,5-8,10,12-13H2. The second kappa shape index (κ2) is 8.49. The van der Waals surface area contributed by atoms with E-state index in [2.05, 4.69) is 14.9 Å². The van der Waals surface area contributed by atoms with Crippen LogP contribution in [0.2, 0.25) is 5.02 Å². The van der Waals surface area contributed by atoms with Crippen LogP contribution in [0.15, 0.2) is 41.5 Å². The number of hydrogen-bond donors (Lipinski definition) is 0. The van der Waals surface area contributed by atoms with Crippen molar-refractivity contribution in [2.75, 3.05) is 42.6 Å². The van der Waals surface area contributed by atoms with Crippen LogP contribution in [0.25, 0.3) is 0 Å². The van der Waals surface area contributed by atoms with E-state index in [0.717, 1.165) is 11.3 Å². The Balaban J connectivity index is 1.53. The maximum Gasteiger partial charge on any atom is 0.391 e. The van der Waals surface area contributed by atoms with E-state index in [0.29, 0.717) is 42.7 Å². The number of benzene rings is 1. The summed E-state index contributed by atoms with van der Waals surface area (Å²) in [6, 6.07) is 7.49. The zero-order valence-electron chi connectivity index (χ0n) is 17.6. The fraction of sp³-hybridized carbons (Fsp3) is 0.409. The Morgan fingerprint density at radius 2 is 1.88 bits per heavy atom. The Hall–Kier alpha value is -2.85. The predicted molar refractivity (Wildman–Crippen MR) is 118 cm³/mol. The van der Waals surface area contributed by atoms with E-state index in [1.165, 1.54) is 4.90 Å². The number of hydrogen-bond acceptors (Lipinski definition) is 5. The van der Waals surface area contributed by atoms with E-state index in [1.807, 2.05) is 18.2 Å². The lowest BCUT2D eigenvalue weighted by Crippen LogP contribution is -2.50. The second-order valence-corrected chi connectivity index (χ2v) is 8.63. The van der Waals surface area contributed by atoms with Gasteiger partial charge >= 0.3 is 12.2 Å². The van der Waals surface area contributed by atoms with Gasteiger partial charge in [-0.1, -0.05) is 23.7 Å². The van der Waals surface area contributed by atoms with Crippen molar-refractivity contribution in [2.24, 2.45) is 4.99 Å². The summed E-state index contributed by atoms with van der Waals surface area (Å²) in [5.41, 5.74) is 2.60. The summed E-state index contributed by atoms with van der Waals surface area (Å²) in [5, 5.41) is 0.573. The number of ether oxygens (including phenoxy) is 1. The molecule has 0 bridgehead atoms. The molecule has 0 N–H and O–H groups in total. The topological polar surface area (TPSA) is 61.3 Å². The maximum atomic E-state index is 13.4. The highest BCUT2D eigenvalue weighted by molar-refractivity contribution is 6.30. The molecule has 1 aromatic heterocycles. The van der Waals surface area contributed by atoms with E-state index in [-0.39, 0.29) is 18.9 Å². The minimum atomic E-state index is -4.37. The third-order valence-electron chi connectivity index (χ3n) is 5.87. The molecule has 1 atom stereocenters. The molecule has 7 nitrogen and oxygen atoms in total. The van der Waals surface area contributed by atoms with Crippen LogP contribution in [-0.2, 0) is 11.3 Å². The molecule has 33 heavy (non-hydrogen) atoms. The van der Waals surface area contributed by atoms with Crippen LogP contribution < -0.4 is 9.80 Å². The number of nitrogens with zero attached hydrogens (tertiary/aromatic N) is 5. The highest BCUT2D eigenvalue weighted by Gasteiger charge is 2.44. The van der Waals surface area contributed by atoms with Gasteiger partial charge in [0.2, 0.25) is 0 Å². The Kier molecular flexibility index (Phi) is 5.65. The van der Waals surface area contributed by atoms with Crippen molar-refractivity contribution in [3.63, 3.8) is 0 Å². The minimum absolute atomic E-state index is 0.128. The molecule has 3 aliphatic rings. The Bertz CT molecular complexity index is 1090. The number of amidine groups is 1. The third-order valence-corrected chi connectivity index (χ3v) is 6.12. The van der Waals surface area contributed by atoms with Crippen molar-refractivity contribution in [3.05, 3.63) is 52.8 Å². The van der Waals surface area contributed by atoms with Gasteiger partial charge in [-0.3, -0.25) is 14.8 Å². The van der Waals surface area contributed by atoms with Crippen molar-refractivity contribution < 1.29 is 22.7 Å². The summed E-state index contributed by atoms with van der Waals surface area (Å²) in [5.74, 6) is 0.199. The van der Waals surface area contributed by atoms with Gasteiger partial charge in [0.25, 0.3) is 0 Å². The number of aromatic nitrogens is 1. The van der Waals surface area contributed by atoms with Crippen LogP contribution in [-0.4, -0.2) is 66.8 Å². The van der Waals surface area contributed by atoms with E-state index < -0.39 is 24.7 Å². The quantitative estimate of drug-likeness (QED) is 0.662. The molecule has 0 spiro atoms. The number of anilines is 2. The number of fused-ring (bicyclic) bond motifs is 3. The molecule has 11 heteroatoms. The molecule has 2 aromatic rings. The van der Waals surface area contributed by atoms with Gasteiger partial charge in [0.1, 0.15) is 5.69 Å². The third kappa shape index (κ3) is 4.49. The molecule has 4 heterocycles. The van der Waals surface area contributed by atoms with Crippen molar-refractivity contribution in [2.45, 2.75) is 25.2 Å². The molecule has 0 saturated carbocycles. The molecular weight excluding hydrogens is 459 g/mol. The monoisotopic (exact) mass is 479 g/mol. The number of morpholine rings is 1. The van der Waals surface area contributed by atoms with Crippen LogP contribution in [0.4, 0.5) is 29.3 Å². The van der Waals surface area contributed by atoms with Gasteiger partial charge < -0.3 is 9.64 Å². The lowest BCUT2D eigenvalue weighted by Gasteiger charge is -2.36. The minimum Gasteiger partial charge on any atom is -0.378 e. The number of carbonyl (C=O) groups excluding carboxylic acids is 1. The first-order chi connectivity index (χ1) is 15.8. The zero-order chi connectivity index (χ0) is 23.2. The van der Waals surface area contributed by atoms with Gasteiger partial charge in [-0.2, -0.15) is 13.2 Å². The van der Waals surface area contributed by atoms with Crippen LogP contribution in [0.5, 0.6) is 0 Å². The molecule has 3 aliphatic heterocycles. The Morgan fingerprint density at radius 3 is 2.58 bits per heavy atom. The normalized spacial score (nSPS) is 20.6. The van der Waals surface area contributed by atoms with Gasteiger partial charge in [0.15, 0.2) is 5.84 Å². The van der Waals surface area contributed by atoms with E-state index >= 15 is 0 Å². The average molecular weight is 480 g/mol. The number of halogens is 4. The molecule has 2 amide bonds. The zero-order valence-corrected chi connectivity index (χ0v) is 18.3. The summed E-state index contributed by atoms with van der Waals surface area (Å²) in [7, 11) is 0. The molecule has 174 valence electrons. The molecule has 1 fully saturated rings. The molecule has 1 saturated heterocycles. The summed E-state index contributed by atoms with van der Waals surface area (Å²) in [6.07, 6.45) is -3.78. The fourth-order valence-corrected chi connectivity index (χ4v) is 4.43. The molecule has 1 unspecified atom stereocenters. The second-order valence-electron chi connectivity index (χ2n) is 8.19. The van der Waals surface area contributed by atoms with Gasteiger partial charge in [-0.25, -0.2) is 9.78 Å². The first kappa shape index (κ1) is 22.0. The van der Waals surface area contributed by atoms with Crippen LogP contribution in [0.1, 0.15) is 17.7 Å². The highest BCUT2D eigenvalue weighted by atomic mass is 35.5. The Labute approximate surface area is 193 Å². The van der Waals surface area contributed by atoms with Crippen molar-refractivity contribution in [1.29, 1.82) is 0 Å². The lowest BCUT2D eigenvalue weighted by atomic mass is 10.1. The Morgan fingerprint density at radius 1 is 1.15 bits per heavy atom. The van der Waals surface area contributed by atoms with E-state index in [4.69, 9.17) is 16.3 Å². The SMILES string of the molecule is O=C1N2CC(CC(F)(F)F)N=C2c2ncc(N3CCOCC3)cc2N1Cc1ccc(Cl)cc1. The number of alkyl halides is 3. The molecule has 0 radical (unpaired) electrons. The first-order valence-electron chi connectivity index (χ1n) is 10.6. The largest absolute Gasteiger partial charge is 0.391 e. The number of amides is 2. The van der Waals surface area contributed by atoms with Crippen molar-refractivity contribution >= 4 is 34.8 Å². The molecule has 1 aromatic carbocycles. The summed E-state index contributed by atoms with van der Waals surface area (Å²) in [4.78, 5) is 27.2. The van der Waals surface area contributed by atoms with Crippen LogP contribution in [0.3, 0.4) is 0 Å². The number of rotatable bonds is 4. The number of pyridine rings is 1. The molecular formula is C22H21ClF3N5O2. The summed E-state index contributed by atoms with van der Waals surface area (Å²) in [6.45, 7) is 2.65. The number of carbonyl (C=O) groups is 1. The average Bonchev–Trinajstić information content (AvgIpc) is 3.20.